The minimum Gasteiger partial charge on any atom is -0.396 e. The summed E-state index contributed by atoms with van der Waals surface area (Å²) >= 11 is 0. The molecule has 0 spiro atoms. The first-order valence-corrected chi connectivity index (χ1v) is 8.62. The van der Waals surface area contributed by atoms with Crippen LogP contribution in [0, 0.1) is 17.8 Å². The van der Waals surface area contributed by atoms with E-state index in [0.717, 1.165) is 19.1 Å². The maximum atomic E-state index is 12.1. The number of likely N-dealkylation sites (N-methyl/N-ethyl adjacent to an activating group) is 1. The minimum atomic E-state index is -0.0575. The Kier molecular flexibility index (Phi) is 4.69. The highest BCUT2D eigenvalue weighted by Gasteiger charge is 2.47. The van der Waals surface area contributed by atoms with Crippen molar-refractivity contribution in [1.82, 2.24) is 15.5 Å². The molecule has 120 valence electrons. The monoisotopic (exact) mass is 295 g/mol. The van der Waals surface area contributed by atoms with Crippen LogP contribution in [-0.2, 0) is 0 Å². The van der Waals surface area contributed by atoms with Gasteiger partial charge in [0, 0.05) is 37.7 Å². The Morgan fingerprint density at radius 3 is 2.67 bits per heavy atom. The van der Waals surface area contributed by atoms with Gasteiger partial charge < -0.3 is 15.7 Å². The van der Waals surface area contributed by atoms with Crippen molar-refractivity contribution in [2.24, 2.45) is 17.8 Å². The Hall–Kier alpha value is -0.810. The van der Waals surface area contributed by atoms with Crippen molar-refractivity contribution in [2.75, 3.05) is 26.2 Å². The highest BCUT2D eigenvalue weighted by atomic mass is 16.3. The number of aliphatic hydroxyl groups is 1. The zero-order valence-electron chi connectivity index (χ0n) is 13.1. The minimum absolute atomic E-state index is 0.0575. The second kappa shape index (κ2) is 6.53. The zero-order chi connectivity index (χ0) is 14.8. The van der Waals surface area contributed by atoms with Crippen LogP contribution in [0.4, 0.5) is 4.79 Å². The third kappa shape index (κ3) is 3.34. The van der Waals surface area contributed by atoms with E-state index in [1.165, 1.54) is 32.1 Å². The van der Waals surface area contributed by atoms with Crippen LogP contribution in [0.25, 0.3) is 0 Å². The molecule has 3 fully saturated rings. The first kappa shape index (κ1) is 15.1. The molecule has 0 heterocycles. The molecule has 2 amide bonds. The highest BCUT2D eigenvalue weighted by molar-refractivity contribution is 5.74. The summed E-state index contributed by atoms with van der Waals surface area (Å²) in [5, 5.41) is 15.6. The SMILES string of the molecule is CCN(CCNC(=O)NC1C2CCC(C2)C1CO)C1CC1. The molecule has 5 heteroatoms. The smallest absolute Gasteiger partial charge is 0.315 e. The fourth-order valence-corrected chi connectivity index (χ4v) is 4.45. The number of fused-ring (bicyclic) bond motifs is 2. The molecule has 4 unspecified atom stereocenters. The number of nitrogens with one attached hydrogen (secondary N) is 2. The number of urea groups is 1. The van der Waals surface area contributed by atoms with E-state index in [0.29, 0.717) is 18.4 Å². The summed E-state index contributed by atoms with van der Waals surface area (Å²) in [5.41, 5.74) is 0. The molecule has 0 aromatic heterocycles. The van der Waals surface area contributed by atoms with E-state index < -0.39 is 0 Å². The predicted octanol–water partition coefficient (Wildman–Crippen LogP) is 1.18. The maximum absolute atomic E-state index is 12.1. The van der Waals surface area contributed by atoms with Gasteiger partial charge in [-0.1, -0.05) is 6.92 Å². The van der Waals surface area contributed by atoms with Gasteiger partial charge in [0.1, 0.15) is 0 Å². The van der Waals surface area contributed by atoms with E-state index in [9.17, 15) is 9.90 Å². The fraction of sp³-hybridized carbons (Fsp3) is 0.938. The van der Waals surface area contributed by atoms with E-state index in [1.54, 1.807) is 0 Å². The van der Waals surface area contributed by atoms with Gasteiger partial charge in [-0.25, -0.2) is 4.79 Å². The average molecular weight is 295 g/mol. The average Bonchev–Trinajstić information content (AvgIpc) is 3.13. The summed E-state index contributed by atoms with van der Waals surface area (Å²) in [4.78, 5) is 14.5. The Balaban J connectivity index is 1.39. The number of hydrogen-bond donors (Lipinski definition) is 3. The molecule has 4 atom stereocenters. The lowest BCUT2D eigenvalue weighted by atomic mass is 9.85. The van der Waals surface area contributed by atoms with Gasteiger partial charge in [0.25, 0.3) is 0 Å². The van der Waals surface area contributed by atoms with E-state index in [1.807, 2.05) is 0 Å². The van der Waals surface area contributed by atoms with Crippen molar-refractivity contribution in [2.45, 2.75) is 51.1 Å². The van der Waals surface area contributed by atoms with Gasteiger partial charge in [-0.05, 0) is 50.5 Å². The summed E-state index contributed by atoms with van der Waals surface area (Å²) in [5.74, 6) is 1.47. The number of nitrogens with zero attached hydrogens (tertiary/aromatic N) is 1. The van der Waals surface area contributed by atoms with Gasteiger partial charge in [0.05, 0.1) is 0 Å². The predicted molar refractivity (Wildman–Crippen MR) is 82.0 cm³/mol. The number of amides is 2. The molecule has 0 radical (unpaired) electrons. The fourth-order valence-electron chi connectivity index (χ4n) is 4.45. The van der Waals surface area contributed by atoms with Gasteiger partial charge >= 0.3 is 6.03 Å². The van der Waals surface area contributed by atoms with Gasteiger partial charge in [-0.2, -0.15) is 0 Å². The van der Waals surface area contributed by atoms with Crippen LogP contribution in [-0.4, -0.2) is 54.4 Å². The molecule has 3 rings (SSSR count). The Morgan fingerprint density at radius 1 is 1.24 bits per heavy atom. The molecule has 3 aliphatic rings. The van der Waals surface area contributed by atoms with Crippen molar-refractivity contribution in [1.29, 1.82) is 0 Å². The molecule has 21 heavy (non-hydrogen) atoms. The van der Waals surface area contributed by atoms with Crippen molar-refractivity contribution in [3.05, 3.63) is 0 Å². The van der Waals surface area contributed by atoms with Crippen LogP contribution < -0.4 is 10.6 Å². The summed E-state index contributed by atoms with van der Waals surface area (Å²) < 4.78 is 0. The number of hydrogen-bond acceptors (Lipinski definition) is 3. The third-order valence-electron chi connectivity index (χ3n) is 5.75. The highest BCUT2D eigenvalue weighted by Crippen LogP contribution is 2.48. The topological polar surface area (TPSA) is 64.6 Å². The lowest BCUT2D eigenvalue weighted by Crippen LogP contribution is -2.50. The van der Waals surface area contributed by atoms with E-state index in [4.69, 9.17) is 0 Å². The largest absolute Gasteiger partial charge is 0.396 e. The molecule has 0 aromatic carbocycles. The van der Waals surface area contributed by atoms with Gasteiger partial charge in [-0.15, -0.1) is 0 Å². The van der Waals surface area contributed by atoms with Crippen LogP contribution in [0.5, 0.6) is 0 Å². The molecule has 2 bridgehead atoms. The summed E-state index contributed by atoms with van der Waals surface area (Å²) in [6.07, 6.45) is 6.23. The van der Waals surface area contributed by atoms with Crippen LogP contribution in [0.1, 0.15) is 39.0 Å². The number of carbonyl (C=O) groups excluding carboxylic acids is 1. The summed E-state index contributed by atoms with van der Waals surface area (Å²) in [6, 6.07) is 0.876. The number of rotatable bonds is 7. The molecular formula is C16H29N3O2. The molecule has 0 aromatic rings. The molecule has 3 aliphatic carbocycles. The van der Waals surface area contributed by atoms with Crippen LogP contribution >= 0.6 is 0 Å². The van der Waals surface area contributed by atoms with Crippen LogP contribution in [0.2, 0.25) is 0 Å². The Morgan fingerprint density at radius 2 is 2.00 bits per heavy atom. The molecule has 5 nitrogen and oxygen atoms in total. The quantitative estimate of drug-likeness (QED) is 0.661. The Labute approximate surface area is 127 Å². The van der Waals surface area contributed by atoms with E-state index >= 15 is 0 Å². The van der Waals surface area contributed by atoms with Crippen molar-refractivity contribution >= 4 is 6.03 Å². The molecule has 0 saturated heterocycles. The molecule has 3 N–H and O–H groups in total. The zero-order valence-corrected chi connectivity index (χ0v) is 13.1. The third-order valence-corrected chi connectivity index (χ3v) is 5.75. The summed E-state index contributed by atoms with van der Waals surface area (Å²) in [7, 11) is 0. The van der Waals surface area contributed by atoms with Crippen molar-refractivity contribution in [3.63, 3.8) is 0 Å². The molecule has 0 aliphatic heterocycles. The normalized spacial score (nSPS) is 34.4. The van der Waals surface area contributed by atoms with E-state index in [2.05, 4.69) is 22.5 Å². The first-order chi connectivity index (χ1) is 10.2. The van der Waals surface area contributed by atoms with Gasteiger partial charge in [0.2, 0.25) is 0 Å². The van der Waals surface area contributed by atoms with Crippen molar-refractivity contribution in [3.8, 4) is 0 Å². The Bertz CT molecular complexity index is 373. The molecule has 3 saturated carbocycles. The second-order valence-electron chi connectivity index (χ2n) is 6.97. The standard InChI is InChI=1S/C16H29N3O2/c1-2-19(13-5-6-13)8-7-17-16(21)18-15-12-4-3-11(9-12)14(15)10-20/h11-15,20H,2-10H2,1H3,(H2,17,18,21). The maximum Gasteiger partial charge on any atom is 0.315 e. The van der Waals surface area contributed by atoms with Gasteiger partial charge in [0.15, 0.2) is 0 Å². The first-order valence-electron chi connectivity index (χ1n) is 8.62. The van der Waals surface area contributed by atoms with Gasteiger partial charge in [-0.3, -0.25) is 4.90 Å². The van der Waals surface area contributed by atoms with Crippen molar-refractivity contribution < 1.29 is 9.90 Å². The second-order valence-corrected chi connectivity index (χ2v) is 6.97. The lowest BCUT2D eigenvalue weighted by molar-refractivity contribution is 0.144. The van der Waals surface area contributed by atoms with Crippen LogP contribution in [0.3, 0.4) is 0 Å². The lowest BCUT2D eigenvalue weighted by Gasteiger charge is -2.30. The van der Waals surface area contributed by atoms with E-state index in [-0.39, 0.29) is 24.6 Å². The number of carbonyl (C=O) groups is 1. The molecular weight excluding hydrogens is 266 g/mol. The van der Waals surface area contributed by atoms with Crippen LogP contribution in [0.15, 0.2) is 0 Å². The number of aliphatic hydroxyl groups excluding tert-OH is 1. The summed E-state index contributed by atoms with van der Waals surface area (Å²) in [6.45, 7) is 5.10.